The molecule has 0 radical (unpaired) electrons. The van der Waals surface area contributed by atoms with Gasteiger partial charge in [-0.3, -0.25) is 9.59 Å². The first-order chi connectivity index (χ1) is 23.5. The number of carbonyl (C=O) groups is 2. The van der Waals surface area contributed by atoms with Gasteiger partial charge in [0.1, 0.15) is 28.7 Å². The molecule has 3 aromatic heterocycles. The Labute approximate surface area is 288 Å². The number of rotatable bonds is 9. The van der Waals surface area contributed by atoms with E-state index in [2.05, 4.69) is 21.5 Å². The number of terminal acetylenes is 1. The van der Waals surface area contributed by atoms with E-state index in [1.54, 1.807) is 29.8 Å². The number of amides is 1. The van der Waals surface area contributed by atoms with Gasteiger partial charge in [-0.15, -0.1) is 6.42 Å². The third-order valence-electron chi connectivity index (χ3n) is 9.34. The summed E-state index contributed by atoms with van der Waals surface area (Å²) in [5, 5.41) is 6.05. The number of benzene rings is 2. The van der Waals surface area contributed by atoms with Crippen molar-refractivity contribution in [1.29, 1.82) is 0 Å². The number of ketones is 1. The van der Waals surface area contributed by atoms with Crippen LogP contribution >= 0.6 is 11.6 Å². The number of pyridine rings is 1. The number of carbonyl (C=O) groups excluding carboxylic acids is 2. The molecule has 0 aliphatic heterocycles. The fraction of sp³-hybridized carbons (Fsp3) is 0.289. The number of imidazole rings is 1. The SMILES string of the molecule is C#Cc1cc(C(=O)c2cc(F)c(NC(=O)/C=C/CNC3CCC(OC)CC3)c(F)c2)n2cccc(-c3c(C)cc4c(nc(C)n4C)c3Cl)c12. The monoisotopic (exact) mass is 683 g/mol. The standard InChI is InChI=1S/C38H36ClF2N5O3/c1-6-23-20-31(46-16-8-9-27(37(23)46)33-21(2)17-30-36(34(33)39)43-22(3)45(30)4)38(48)24-18-28(40)35(29(41)19-24)44-32(47)10-7-15-42-25-11-13-26(49-5)14-12-25/h1,7-10,16-20,25-26,42H,11-15H2,2-5H3,(H,44,47)/b10-7+. The Hall–Kier alpha value is -4.82. The largest absolute Gasteiger partial charge is 0.381 e. The third kappa shape index (κ3) is 6.49. The lowest BCUT2D eigenvalue weighted by molar-refractivity contribution is -0.112. The fourth-order valence-electron chi connectivity index (χ4n) is 6.64. The number of aromatic nitrogens is 3. The van der Waals surface area contributed by atoms with Crippen LogP contribution in [0.15, 0.2) is 54.7 Å². The average molecular weight is 684 g/mol. The Bertz CT molecular complexity index is 2160. The van der Waals surface area contributed by atoms with Gasteiger partial charge in [0.05, 0.1) is 33.4 Å². The maximum atomic E-state index is 15.2. The average Bonchev–Trinajstić information content (AvgIpc) is 3.61. The van der Waals surface area contributed by atoms with Crippen LogP contribution in [0.2, 0.25) is 5.02 Å². The van der Waals surface area contributed by atoms with Gasteiger partial charge in [-0.05, 0) is 75.4 Å². The van der Waals surface area contributed by atoms with E-state index in [0.717, 1.165) is 54.7 Å². The lowest BCUT2D eigenvalue weighted by atomic mass is 9.93. The van der Waals surface area contributed by atoms with Crippen LogP contribution in [0.3, 0.4) is 0 Å². The molecule has 6 rings (SSSR count). The van der Waals surface area contributed by atoms with E-state index in [1.807, 2.05) is 37.6 Å². The Morgan fingerprint density at radius 1 is 1.14 bits per heavy atom. The number of fused-ring (bicyclic) bond motifs is 2. The van der Waals surface area contributed by atoms with Crippen LogP contribution in [0.25, 0.3) is 27.7 Å². The molecular weight excluding hydrogens is 648 g/mol. The summed E-state index contributed by atoms with van der Waals surface area (Å²) < 4.78 is 39.4. The lowest BCUT2D eigenvalue weighted by Crippen LogP contribution is -2.35. The molecule has 1 saturated carbocycles. The van der Waals surface area contributed by atoms with Crippen LogP contribution < -0.4 is 10.6 Å². The van der Waals surface area contributed by atoms with E-state index in [0.29, 0.717) is 45.3 Å². The van der Waals surface area contributed by atoms with Crippen molar-refractivity contribution in [3.05, 3.63) is 99.6 Å². The summed E-state index contributed by atoms with van der Waals surface area (Å²) in [5.41, 5.74) is 3.95. The molecular formula is C38H36ClF2N5O3. The number of hydrogen-bond acceptors (Lipinski definition) is 5. The third-order valence-corrected chi connectivity index (χ3v) is 9.71. The normalized spacial score (nSPS) is 16.4. The number of methoxy groups -OCH3 is 1. The van der Waals surface area contributed by atoms with Gasteiger partial charge in [-0.1, -0.05) is 29.7 Å². The molecule has 1 aliphatic carbocycles. The Balaban J connectivity index is 1.24. The molecule has 11 heteroatoms. The Morgan fingerprint density at radius 2 is 1.86 bits per heavy atom. The molecule has 3 heterocycles. The van der Waals surface area contributed by atoms with Crippen molar-refractivity contribution >= 4 is 45.5 Å². The summed E-state index contributed by atoms with van der Waals surface area (Å²) in [6.45, 7) is 4.26. The van der Waals surface area contributed by atoms with Crippen LogP contribution in [-0.2, 0) is 16.6 Å². The van der Waals surface area contributed by atoms with E-state index in [9.17, 15) is 9.59 Å². The first kappa shape index (κ1) is 34.1. The van der Waals surface area contributed by atoms with Gasteiger partial charge in [0.2, 0.25) is 11.7 Å². The maximum absolute atomic E-state index is 15.2. The minimum Gasteiger partial charge on any atom is -0.381 e. The highest BCUT2D eigenvalue weighted by Gasteiger charge is 2.25. The summed E-state index contributed by atoms with van der Waals surface area (Å²) in [6.07, 6.45) is 14.6. The minimum atomic E-state index is -1.08. The summed E-state index contributed by atoms with van der Waals surface area (Å²) in [4.78, 5) is 30.9. The number of aryl methyl sites for hydroxylation is 3. The second-order valence-electron chi connectivity index (χ2n) is 12.3. The molecule has 0 unspecified atom stereocenters. The van der Waals surface area contributed by atoms with Gasteiger partial charge in [-0.2, -0.15) is 0 Å². The quantitative estimate of drug-likeness (QED) is 0.0968. The van der Waals surface area contributed by atoms with Gasteiger partial charge in [0, 0.05) is 55.7 Å². The van der Waals surface area contributed by atoms with Crippen LogP contribution in [0.4, 0.5) is 14.5 Å². The first-order valence-corrected chi connectivity index (χ1v) is 16.4. The van der Waals surface area contributed by atoms with Crippen LogP contribution in [0, 0.1) is 37.8 Å². The molecule has 1 amide bonds. The van der Waals surface area contributed by atoms with Crippen LogP contribution in [-0.4, -0.2) is 51.4 Å². The van der Waals surface area contributed by atoms with Gasteiger partial charge < -0.3 is 24.3 Å². The van der Waals surface area contributed by atoms with Crippen molar-refractivity contribution in [2.75, 3.05) is 19.0 Å². The molecule has 2 aromatic carbocycles. The zero-order valence-corrected chi connectivity index (χ0v) is 28.4. The van der Waals surface area contributed by atoms with Crippen molar-refractivity contribution in [2.24, 2.45) is 7.05 Å². The van der Waals surface area contributed by atoms with Gasteiger partial charge in [0.25, 0.3) is 0 Å². The summed E-state index contributed by atoms with van der Waals surface area (Å²) >= 11 is 6.96. The number of nitrogens with zero attached hydrogens (tertiary/aromatic N) is 3. The zero-order chi connectivity index (χ0) is 35.0. The van der Waals surface area contributed by atoms with E-state index < -0.39 is 29.0 Å². The van der Waals surface area contributed by atoms with Crippen molar-refractivity contribution in [3.8, 4) is 23.5 Å². The Morgan fingerprint density at radius 3 is 2.53 bits per heavy atom. The molecule has 252 valence electrons. The number of halogens is 3. The van der Waals surface area contributed by atoms with E-state index in [-0.39, 0.29) is 17.4 Å². The van der Waals surface area contributed by atoms with Gasteiger partial charge in [0.15, 0.2) is 0 Å². The smallest absolute Gasteiger partial charge is 0.248 e. The second kappa shape index (κ2) is 14.0. The second-order valence-corrected chi connectivity index (χ2v) is 12.7. The minimum absolute atomic E-state index is 0.107. The van der Waals surface area contributed by atoms with Crippen molar-refractivity contribution in [1.82, 2.24) is 19.3 Å². The fourth-order valence-corrected chi connectivity index (χ4v) is 7.03. The molecule has 5 aromatic rings. The van der Waals surface area contributed by atoms with E-state index in [1.165, 1.54) is 12.1 Å². The molecule has 0 spiro atoms. The molecule has 0 bridgehead atoms. The molecule has 0 saturated heterocycles. The van der Waals surface area contributed by atoms with E-state index >= 15 is 8.78 Å². The van der Waals surface area contributed by atoms with Crippen LogP contribution in [0.1, 0.15) is 58.7 Å². The molecule has 0 atom stereocenters. The number of nitrogens with one attached hydrogen (secondary N) is 2. The zero-order valence-electron chi connectivity index (χ0n) is 27.7. The highest BCUT2D eigenvalue weighted by molar-refractivity contribution is 6.38. The number of ether oxygens (including phenoxy) is 1. The molecule has 49 heavy (non-hydrogen) atoms. The maximum Gasteiger partial charge on any atom is 0.248 e. The number of hydrogen-bond donors (Lipinski definition) is 2. The first-order valence-electron chi connectivity index (χ1n) is 16.0. The molecule has 2 N–H and O–H groups in total. The van der Waals surface area contributed by atoms with Gasteiger partial charge in [-0.25, -0.2) is 13.8 Å². The lowest BCUT2D eigenvalue weighted by Gasteiger charge is -2.27. The predicted molar refractivity (Wildman–Crippen MR) is 188 cm³/mol. The van der Waals surface area contributed by atoms with E-state index in [4.69, 9.17) is 22.8 Å². The van der Waals surface area contributed by atoms with Crippen molar-refractivity contribution in [3.63, 3.8) is 0 Å². The van der Waals surface area contributed by atoms with Crippen molar-refractivity contribution in [2.45, 2.75) is 51.7 Å². The van der Waals surface area contributed by atoms with Crippen LogP contribution in [0.5, 0.6) is 0 Å². The summed E-state index contributed by atoms with van der Waals surface area (Å²) in [5.74, 6) is -0.0763. The van der Waals surface area contributed by atoms with Crippen molar-refractivity contribution < 1.29 is 23.1 Å². The van der Waals surface area contributed by atoms with Gasteiger partial charge >= 0.3 is 0 Å². The predicted octanol–water partition coefficient (Wildman–Crippen LogP) is 7.30. The Kier molecular flexibility index (Phi) is 9.70. The summed E-state index contributed by atoms with van der Waals surface area (Å²) in [6, 6.07) is 9.24. The topological polar surface area (TPSA) is 89.7 Å². The summed E-state index contributed by atoms with van der Waals surface area (Å²) in [7, 11) is 3.64. The molecule has 1 fully saturated rings. The molecule has 8 nitrogen and oxygen atoms in total. The number of anilines is 1. The highest BCUT2D eigenvalue weighted by Crippen LogP contribution is 2.40. The molecule has 1 aliphatic rings. The highest BCUT2D eigenvalue weighted by atomic mass is 35.5.